The first-order valence-corrected chi connectivity index (χ1v) is 12.6. The van der Waals surface area contributed by atoms with E-state index in [1.54, 1.807) is 19.3 Å². The van der Waals surface area contributed by atoms with Crippen LogP contribution in [0.3, 0.4) is 0 Å². The highest BCUT2D eigenvalue weighted by molar-refractivity contribution is 7.99. The second-order valence-corrected chi connectivity index (χ2v) is 10.0. The molecular weight excluding hydrogens is 460 g/mol. The zero-order chi connectivity index (χ0) is 25.3. The predicted octanol–water partition coefficient (Wildman–Crippen LogP) is 5.51. The molecule has 0 unspecified atom stereocenters. The molecule has 8 heteroatoms. The van der Waals surface area contributed by atoms with E-state index in [0.717, 1.165) is 24.4 Å². The lowest BCUT2D eigenvalue weighted by Crippen LogP contribution is -2.15. The number of methoxy groups -OCH3 is 1. The maximum absolute atomic E-state index is 12.4. The van der Waals surface area contributed by atoms with Gasteiger partial charge >= 0.3 is 0 Å². The minimum Gasteiger partial charge on any atom is -0.497 e. The van der Waals surface area contributed by atoms with Crippen LogP contribution < -0.4 is 14.8 Å². The second kappa shape index (κ2) is 12.4. The topological polar surface area (TPSA) is 78.3 Å². The maximum atomic E-state index is 12.4. The van der Waals surface area contributed by atoms with Crippen LogP contribution in [0.5, 0.6) is 11.5 Å². The summed E-state index contributed by atoms with van der Waals surface area (Å²) in [5.41, 5.74) is 2.10. The van der Waals surface area contributed by atoms with E-state index in [0.29, 0.717) is 29.7 Å². The van der Waals surface area contributed by atoms with Crippen LogP contribution in [0.25, 0.3) is 0 Å². The SMILES string of the molecule is C=CCn1c(CCCOc2ccc(C(C)(C)C)cc2)nnc1SCC(=O)Nc1cccc(OC)c1. The van der Waals surface area contributed by atoms with Crippen molar-refractivity contribution < 1.29 is 14.3 Å². The van der Waals surface area contributed by atoms with Crippen molar-refractivity contribution in [3.63, 3.8) is 0 Å². The third kappa shape index (κ3) is 7.89. The summed E-state index contributed by atoms with van der Waals surface area (Å²) in [6, 6.07) is 15.5. The number of carbonyl (C=O) groups excluding carboxylic acids is 1. The number of aromatic nitrogens is 3. The minimum absolute atomic E-state index is 0.121. The molecule has 1 heterocycles. The van der Waals surface area contributed by atoms with Crippen LogP contribution in [0.4, 0.5) is 5.69 Å². The number of anilines is 1. The molecule has 1 N–H and O–H groups in total. The number of ether oxygens (including phenoxy) is 2. The highest BCUT2D eigenvalue weighted by Crippen LogP contribution is 2.24. The summed E-state index contributed by atoms with van der Waals surface area (Å²) in [6.45, 7) is 11.6. The van der Waals surface area contributed by atoms with E-state index >= 15 is 0 Å². The maximum Gasteiger partial charge on any atom is 0.234 e. The van der Waals surface area contributed by atoms with Crippen molar-refractivity contribution in [3.8, 4) is 11.5 Å². The number of nitrogens with one attached hydrogen (secondary N) is 1. The Morgan fingerprint density at radius 1 is 1.14 bits per heavy atom. The standard InChI is InChI=1S/C27H34N4O3S/c1-6-16-31-24(11-8-17-34-22-14-12-20(13-15-22)27(2,3)4)29-30-26(31)35-19-25(32)28-21-9-7-10-23(18-21)33-5/h6-7,9-10,12-15,18H,1,8,11,16-17,19H2,2-5H3,(H,28,32). The third-order valence-electron chi connectivity index (χ3n) is 5.32. The highest BCUT2D eigenvalue weighted by atomic mass is 32.2. The first-order chi connectivity index (χ1) is 16.8. The Morgan fingerprint density at radius 2 is 1.91 bits per heavy atom. The van der Waals surface area contributed by atoms with E-state index in [4.69, 9.17) is 9.47 Å². The van der Waals surface area contributed by atoms with Gasteiger partial charge in [-0.05, 0) is 41.7 Å². The Balaban J connectivity index is 1.50. The van der Waals surface area contributed by atoms with E-state index in [1.165, 1.54) is 17.3 Å². The zero-order valence-electron chi connectivity index (χ0n) is 20.9. The Bertz CT molecular complexity index is 1120. The van der Waals surface area contributed by atoms with Crippen LogP contribution in [-0.4, -0.2) is 40.1 Å². The molecule has 35 heavy (non-hydrogen) atoms. The molecule has 186 valence electrons. The lowest BCUT2D eigenvalue weighted by molar-refractivity contribution is -0.113. The quantitative estimate of drug-likeness (QED) is 0.203. The van der Waals surface area contributed by atoms with Gasteiger partial charge in [0.05, 0.1) is 19.5 Å². The summed E-state index contributed by atoms with van der Waals surface area (Å²) < 4.78 is 13.1. The third-order valence-corrected chi connectivity index (χ3v) is 6.29. The van der Waals surface area contributed by atoms with Crippen molar-refractivity contribution >= 4 is 23.4 Å². The van der Waals surface area contributed by atoms with E-state index < -0.39 is 0 Å². The molecular formula is C27H34N4O3S. The smallest absolute Gasteiger partial charge is 0.234 e. The predicted molar refractivity (Wildman–Crippen MR) is 142 cm³/mol. The molecule has 0 saturated carbocycles. The molecule has 2 aromatic carbocycles. The van der Waals surface area contributed by atoms with Crippen LogP contribution in [-0.2, 0) is 23.2 Å². The highest BCUT2D eigenvalue weighted by Gasteiger charge is 2.15. The Labute approximate surface area is 211 Å². The normalized spacial score (nSPS) is 11.2. The number of carbonyl (C=O) groups is 1. The number of benzene rings is 2. The van der Waals surface area contributed by atoms with Crippen molar-refractivity contribution in [3.05, 3.63) is 72.6 Å². The molecule has 0 aliphatic heterocycles. The summed E-state index contributed by atoms with van der Waals surface area (Å²) in [4.78, 5) is 12.4. The number of hydrogen-bond acceptors (Lipinski definition) is 6. The molecule has 1 amide bonds. The molecule has 3 aromatic rings. The molecule has 1 aromatic heterocycles. The molecule has 3 rings (SSSR count). The van der Waals surface area contributed by atoms with Gasteiger partial charge in [0.15, 0.2) is 5.16 Å². The number of thioether (sulfide) groups is 1. The summed E-state index contributed by atoms with van der Waals surface area (Å²) in [5.74, 6) is 2.51. The fourth-order valence-electron chi connectivity index (χ4n) is 3.42. The van der Waals surface area contributed by atoms with Gasteiger partial charge in [-0.25, -0.2) is 0 Å². The molecule has 0 atom stereocenters. The first kappa shape index (κ1) is 26.3. The molecule has 0 spiro atoms. The largest absolute Gasteiger partial charge is 0.497 e. The fourth-order valence-corrected chi connectivity index (χ4v) is 4.19. The van der Waals surface area contributed by atoms with Crippen molar-refractivity contribution in [1.82, 2.24) is 14.8 Å². The Kier molecular flexibility index (Phi) is 9.37. The van der Waals surface area contributed by atoms with Gasteiger partial charge in [-0.2, -0.15) is 0 Å². The zero-order valence-corrected chi connectivity index (χ0v) is 21.7. The summed E-state index contributed by atoms with van der Waals surface area (Å²) >= 11 is 1.35. The van der Waals surface area contributed by atoms with E-state index in [9.17, 15) is 4.79 Å². The van der Waals surface area contributed by atoms with Crippen molar-refractivity contribution in [1.29, 1.82) is 0 Å². The fraction of sp³-hybridized carbons (Fsp3) is 0.370. The van der Waals surface area contributed by atoms with Gasteiger partial charge in [0.25, 0.3) is 0 Å². The number of rotatable bonds is 12. The average Bonchev–Trinajstić information content (AvgIpc) is 3.22. The van der Waals surface area contributed by atoms with E-state index in [-0.39, 0.29) is 17.1 Å². The van der Waals surface area contributed by atoms with Crippen LogP contribution in [0.2, 0.25) is 0 Å². The Morgan fingerprint density at radius 3 is 2.60 bits per heavy atom. The van der Waals surface area contributed by atoms with E-state index in [2.05, 4.69) is 55.0 Å². The van der Waals surface area contributed by atoms with Gasteiger partial charge in [0.1, 0.15) is 17.3 Å². The van der Waals surface area contributed by atoms with Crippen LogP contribution in [0.1, 0.15) is 38.6 Å². The molecule has 0 bridgehead atoms. The number of hydrogen-bond donors (Lipinski definition) is 1. The van der Waals surface area contributed by atoms with Crippen LogP contribution >= 0.6 is 11.8 Å². The average molecular weight is 495 g/mol. The van der Waals surface area contributed by atoms with Gasteiger partial charge < -0.3 is 19.4 Å². The minimum atomic E-state index is -0.121. The van der Waals surface area contributed by atoms with Gasteiger partial charge in [0, 0.05) is 24.7 Å². The van der Waals surface area contributed by atoms with Crippen molar-refractivity contribution in [2.75, 3.05) is 24.8 Å². The van der Waals surface area contributed by atoms with E-state index in [1.807, 2.05) is 34.9 Å². The summed E-state index contributed by atoms with van der Waals surface area (Å²) in [6.07, 6.45) is 3.33. The molecule has 0 aliphatic rings. The molecule has 0 radical (unpaired) electrons. The summed E-state index contributed by atoms with van der Waals surface area (Å²) in [5, 5.41) is 12.2. The number of aryl methyl sites for hydroxylation is 1. The number of nitrogens with zero attached hydrogens (tertiary/aromatic N) is 3. The lowest BCUT2D eigenvalue weighted by atomic mass is 9.87. The van der Waals surface area contributed by atoms with Gasteiger partial charge in [-0.1, -0.05) is 56.8 Å². The van der Waals surface area contributed by atoms with Gasteiger partial charge in [0.2, 0.25) is 5.91 Å². The molecule has 0 aliphatic carbocycles. The monoisotopic (exact) mass is 494 g/mol. The van der Waals surface area contributed by atoms with Crippen molar-refractivity contribution in [2.45, 2.75) is 50.7 Å². The van der Waals surface area contributed by atoms with Gasteiger partial charge in [-0.3, -0.25) is 4.79 Å². The van der Waals surface area contributed by atoms with Crippen molar-refractivity contribution in [2.24, 2.45) is 0 Å². The summed E-state index contributed by atoms with van der Waals surface area (Å²) in [7, 11) is 1.59. The van der Waals surface area contributed by atoms with Crippen LogP contribution in [0.15, 0.2) is 66.3 Å². The lowest BCUT2D eigenvalue weighted by Gasteiger charge is -2.19. The Hall–Kier alpha value is -3.26. The number of amides is 1. The second-order valence-electron chi connectivity index (χ2n) is 9.09. The molecule has 0 saturated heterocycles. The molecule has 0 fully saturated rings. The van der Waals surface area contributed by atoms with Gasteiger partial charge in [-0.15, -0.1) is 16.8 Å². The molecule has 7 nitrogen and oxygen atoms in total. The number of allylic oxidation sites excluding steroid dienone is 1. The van der Waals surface area contributed by atoms with Crippen LogP contribution in [0, 0.1) is 0 Å². The first-order valence-electron chi connectivity index (χ1n) is 11.6.